The number of aromatic nitrogens is 1. The van der Waals surface area contributed by atoms with Crippen molar-refractivity contribution in [1.29, 1.82) is 10.5 Å². The Morgan fingerprint density at radius 1 is 1.00 bits per heavy atom. The largest absolute Gasteiger partial charge is 0.327 e. The molecule has 1 aromatic heterocycles. The highest BCUT2D eigenvalue weighted by atomic mass is 35.5. The zero-order valence-electron chi connectivity index (χ0n) is 14.1. The molecular weight excluding hydrogens is 365 g/mol. The molecule has 0 spiro atoms. The molecule has 0 aliphatic rings. The summed E-state index contributed by atoms with van der Waals surface area (Å²) in [6, 6.07) is 19.4. The van der Waals surface area contributed by atoms with Gasteiger partial charge in [0.15, 0.2) is 0 Å². The lowest BCUT2D eigenvalue weighted by Gasteiger charge is -2.09. The standard InChI is InChI=1S/C21H15Cl2N3/c1-2-17(15(11-24)12-25)20-18-5-3-4-6-19(18)26(21(20)23)13-14-7-9-16(22)10-8-14/h3-10H,2,13H2,1H3. The predicted octanol–water partition coefficient (Wildman–Crippen LogP) is 6.21. The summed E-state index contributed by atoms with van der Waals surface area (Å²) in [5, 5.41) is 20.8. The van der Waals surface area contributed by atoms with Crippen molar-refractivity contribution in [3.8, 4) is 12.1 Å². The van der Waals surface area contributed by atoms with Gasteiger partial charge in [0.25, 0.3) is 0 Å². The van der Waals surface area contributed by atoms with Crippen LogP contribution in [0.1, 0.15) is 24.5 Å². The molecule has 0 saturated carbocycles. The van der Waals surface area contributed by atoms with E-state index < -0.39 is 0 Å². The van der Waals surface area contributed by atoms with Crippen LogP contribution in [-0.2, 0) is 6.54 Å². The lowest BCUT2D eigenvalue weighted by molar-refractivity contribution is 0.836. The summed E-state index contributed by atoms with van der Waals surface area (Å²) < 4.78 is 2.00. The Balaban J connectivity index is 2.25. The van der Waals surface area contributed by atoms with Crippen LogP contribution in [0.4, 0.5) is 0 Å². The van der Waals surface area contributed by atoms with Gasteiger partial charge in [-0.1, -0.05) is 60.5 Å². The lowest BCUT2D eigenvalue weighted by atomic mass is 9.98. The van der Waals surface area contributed by atoms with E-state index in [2.05, 4.69) is 0 Å². The van der Waals surface area contributed by atoms with Crippen molar-refractivity contribution in [2.75, 3.05) is 0 Å². The van der Waals surface area contributed by atoms with Crippen molar-refractivity contribution < 1.29 is 0 Å². The second kappa shape index (κ2) is 7.67. The summed E-state index contributed by atoms with van der Waals surface area (Å²) in [5.41, 5.74) is 3.56. The van der Waals surface area contributed by atoms with Gasteiger partial charge in [-0.25, -0.2) is 0 Å². The molecule has 5 heteroatoms. The minimum absolute atomic E-state index is 0.101. The average molecular weight is 380 g/mol. The SMILES string of the molecule is CCC(=C(C#N)C#N)c1c(Cl)n(Cc2ccc(Cl)cc2)c2ccccc12. The first-order chi connectivity index (χ1) is 12.6. The van der Waals surface area contributed by atoms with Gasteiger partial charge in [0.1, 0.15) is 22.9 Å². The number of hydrogen-bond acceptors (Lipinski definition) is 2. The van der Waals surface area contributed by atoms with Crippen LogP contribution in [0.5, 0.6) is 0 Å². The van der Waals surface area contributed by atoms with E-state index in [1.165, 1.54) is 0 Å². The van der Waals surface area contributed by atoms with Crippen molar-refractivity contribution in [2.45, 2.75) is 19.9 Å². The number of benzene rings is 2. The van der Waals surface area contributed by atoms with Crippen molar-refractivity contribution in [2.24, 2.45) is 0 Å². The number of nitriles is 2. The first-order valence-corrected chi connectivity index (χ1v) is 8.91. The molecule has 0 amide bonds. The molecule has 0 N–H and O–H groups in total. The summed E-state index contributed by atoms with van der Waals surface area (Å²) in [5.74, 6) is 0. The average Bonchev–Trinajstić information content (AvgIpc) is 2.93. The minimum Gasteiger partial charge on any atom is -0.327 e. The zero-order chi connectivity index (χ0) is 18.7. The van der Waals surface area contributed by atoms with Crippen molar-refractivity contribution in [1.82, 2.24) is 4.57 Å². The Morgan fingerprint density at radius 3 is 2.27 bits per heavy atom. The second-order valence-electron chi connectivity index (χ2n) is 5.83. The molecule has 128 valence electrons. The third-order valence-corrected chi connectivity index (χ3v) is 4.99. The molecule has 1 heterocycles. The molecule has 26 heavy (non-hydrogen) atoms. The van der Waals surface area contributed by atoms with Gasteiger partial charge in [0.05, 0.1) is 5.52 Å². The highest BCUT2D eigenvalue weighted by molar-refractivity contribution is 6.33. The fraction of sp³-hybridized carbons (Fsp3) is 0.143. The molecule has 0 atom stereocenters. The van der Waals surface area contributed by atoms with Crippen LogP contribution in [0.3, 0.4) is 0 Å². The van der Waals surface area contributed by atoms with Gasteiger partial charge in [-0.3, -0.25) is 0 Å². The summed E-state index contributed by atoms with van der Waals surface area (Å²) in [6.07, 6.45) is 0.547. The van der Waals surface area contributed by atoms with E-state index in [0.717, 1.165) is 22.0 Å². The first-order valence-electron chi connectivity index (χ1n) is 8.15. The third kappa shape index (κ3) is 3.20. The summed E-state index contributed by atoms with van der Waals surface area (Å²) in [7, 11) is 0. The van der Waals surface area contributed by atoms with Crippen LogP contribution < -0.4 is 0 Å². The molecule has 0 saturated heterocycles. The maximum Gasteiger partial charge on any atom is 0.133 e. The lowest BCUT2D eigenvalue weighted by Crippen LogP contribution is -2.00. The van der Waals surface area contributed by atoms with E-state index in [-0.39, 0.29) is 5.57 Å². The molecule has 3 aromatic rings. The topological polar surface area (TPSA) is 52.5 Å². The van der Waals surface area contributed by atoms with Crippen LogP contribution in [0.25, 0.3) is 16.5 Å². The number of allylic oxidation sites excluding steroid dienone is 2. The Hall–Kier alpha value is -2.72. The number of rotatable bonds is 4. The first kappa shape index (κ1) is 18.1. The smallest absolute Gasteiger partial charge is 0.133 e. The van der Waals surface area contributed by atoms with Gasteiger partial charge in [-0.15, -0.1) is 0 Å². The Bertz CT molecular complexity index is 1060. The molecule has 2 aromatic carbocycles. The number of fused-ring (bicyclic) bond motifs is 1. The van der Waals surface area contributed by atoms with E-state index in [9.17, 15) is 10.5 Å². The number of halogens is 2. The molecule has 0 aliphatic carbocycles. The minimum atomic E-state index is 0.101. The molecule has 0 bridgehead atoms. The zero-order valence-corrected chi connectivity index (χ0v) is 15.6. The molecule has 3 rings (SSSR count). The Kier molecular flexibility index (Phi) is 5.33. The summed E-state index contributed by atoms with van der Waals surface area (Å²) >= 11 is 12.7. The molecule has 0 fully saturated rings. The van der Waals surface area contributed by atoms with Crippen LogP contribution >= 0.6 is 23.2 Å². The van der Waals surface area contributed by atoms with Gasteiger partial charge < -0.3 is 4.57 Å². The van der Waals surface area contributed by atoms with Gasteiger partial charge in [-0.2, -0.15) is 10.5 Å². The Labute approximate surface area is 162 Å². The molecule has 0 aliphatic heterocycles. The molecular formula is C21H15Cl2N3. The number of hydrogen-bond donors (Lipinski definition) is 0. The highest BCUT2D eigenvalue weighted by Gasteiger charge is 2.20. The summed E-state index contributed by atoms with van der Waals surface area (Å²) in [6.45, 7) is 2.49. The van der Waals surface area contributed by atoms with E-state index >= 15 is 0 Å². The van der Waals surface area contributed by atoms with Gasteiger partial charge in [-0.05, 0) is 35.8 Å². The van der Waals surface area contributed by atoms with E-state index in [0.29, 0.717) is 28.7 Å². The van der Waals surface area contributed by atoms with Gasteiger partial charge in [0, 0.05) is 22.5 Å². The van der Waals surface area contributed by atoms with Crippen LogP contribution in [-0.4, -0.2) is 4.57 Å². The second-order valence-corrected chi connectivity index (χ2v) is 6.62. The molecule has 0 radical (unpaired) electrons. The monoisotopic (exact) mass is 379 g/mol. The highest BCUT2D eigenvalue weighted by Crippen LogP contribution is 2.38. The molecule has 0 unspecified atom stereocenters. The fourth-order valence-electron chi connectivity index (χ4n) is 3.12. The normalized spacial score (nSPS) is 10.3. The van der Waals surface area contributed by atoms with E-state index in [1.807, 2.05) is 72.2 Å². The van der Waals surface area contributed by atoms with Crippen LogP contribution in [0, 0.1) is 22.7 Å². The Morgan fingerprint density at radius 2 is 1.65 bits per heavy atom. The van der Waals surface area contributed by atoms with E-state index in [1.54, 1.807) is 0 Å². The van der Waals surface area contributed by atoms with Gasteiger partial charge >= 0.3 is 0 Å². The predicted molar refractivity (Wildman–Crippen MR) is 106 cm³/mol. The summed E-state index contributed by atoms with van der Waals surface area (Å²) in [4.78, 5) is 0. The maximum absolute atomic E-state index is 9.33. The third-order valence-electron chi connectivity index (χ3n) is 4.34. The van der Waals surface area contributed by atoms with Crippen molar-refractivity contribution in [3.63, 3.8) is 0 Å². The number of nitrogens with zero attached hydrogens (tertiary/aromatic N) is 3. The van der Waals surface area contributed by atoms with Crippen LogP contribution in [0.15, 0.2) is 54.1 Å². The van der Waals surface area contributed by atoms with Crippen LogP contribution in [0.2, 0.25) is 10.2 Å². The number of para-hydroxylation sites is 1. The maximum atomic E-state index is 9.33. The quantitative estimate of drug-likeness (QED) is 0.506. The van der Waals surface area contributed by atoms with E-state index in [4.69, 9.17) is 23.2 Å². The van der Waals surface area contributed by atoms with Gasteiger partial charge in [0.2, 0.25) is 0 Å². The van der Waals surface area contributed by atoms with Crippen molar-refractivity contribution in [3.05, 3.63) is 75.4 Å². The van der Waals surface area contributed by atoms with Crippen molar-refractivity contribution >= 4 is 39.7 Å². The fourth-order valence-corrected chi connectivity index (χ4v) is 3.62. The molecule has 3 nitrogen and oxygen atoms in total.